The van der Waals surface area contributed by atoms with Crippen LogP contribution < -0.4 is 4.74 Å². The highest BCUT2D eigenvalue weighted by atomic mass is 35.5. The topological polar surface area (TPSA) is 81.0 Å². The molecule has 152 valence electrons. The Morgan fingerprint density at radius 2 is 1.37 bits per heavy atom. The number of aromatic nitrogens is 4. The number of hydrogen-bond acceptors (Lipinski definition) is 6. The van der Waals surface area contributed by atoms with E-state index in [1.165, 1.54) is 0 Å². The number of ether oxygens (including phenoxy) is 1. The summed E-state index contributed by atoms with van der Waals surface area (Å²) in [5, 5.41) is 6.83. The molecule has 0 fully saturated rings. The molecule has 6 nitrogen and oxygen atoms in total. The van der Waals surface area contributed by atoms with Crippen LogP contribution in [0.25, 0.3) is 0 Å². The molecule has 0 amide bonds. The molecule has 15 heteroatoms. The number of aliphatic hydroxyl groups is 1. The van der Waals surface area contributed by atoms with Gasteiger partial charge >= 0.3 is 0 Å². The van der Waals surface area contributed by atoms with E-state index in [2.05, 4.69) is 24.7 Å². The molecule has 0 aliphatic rings. The maximum absolute atomic E-state index is 12.7. The second-order valence-electron chi connectivity index (χ2n) is 3.85. The standard InChI is InChI=1S/C6H4ClF3N2O.C4HCl2FN2.C2H4F2O/c7-6-11-1-3(8)5(12-6)13-2-4(9)10;5-3-2(7)1-8-4(6)9-3;3-2(4)1-5/h1,4H,2H2;1H;2,5H,1H2. The Kier molecular flexibility index (Phi) is 12.7. The SMILES string of the molecule is Fc1cnc(Cl)nc1Cl.Fc1cnc(Cl)nc1OCC(F)F.OCC(F)F. The molecule has 0 aromatic carbocycles. The van der Waals surface area contributed by atoms with Gasteiger partial charge in [-0.05, 0) is 23.2 Å². The van der Waals surface area contributed by atoms with E-state index >= 15 is 0 Å². The fourth-order valence-electron chi connectivity index (χ4n) is 0.901. The van der Waals surface area contributed by atoms with Crippen molar-refractivity contribution in [3.8, 4) is 5.88 Å². The second kappa shape index (κ2) is 13.5. The Balaban J connectivity index is 0.000000419. The fourth-order valence-corrected chi connectivity index (χ4v) is 1.33. The van der Waals surface area contributed by atoms with Crippen molar-refractivity contribution in [1.29, 1.82) is 0 Å². The molecular weight excluding hydrogens is 453 g/mol. The molecule has 0 unspecified atom stereocenters. The van der Waals surface area contributed by atoms with Gasteiger partial charge < -0.3 is 9.84 Å². The molecule has 2 heterocycles. The van der Waals surface area contributed by atoms with Gasteiger partial charge in [0.25, 0.3) is 18.7 Å². The monoisotopic (exact) mass is 460 g/mol. The Morgan fingerprint density at radius 1 is 0.889 bits per heavy atom. The van der Waals surface area contributed by atoms with Crippen molar-refractivity contribution in [3.63, 3.8) is 0 Å². The van der Waals surface area contributed by atoms with Crippen LogP contribution in [0, 0.1) is 11.6 Å². The highest BCUT2D eigenvalue weighted by molar-refractivity contribution is 6.31. The number of hydrogen-bond donors (Lipinski definition) is 1. The fraction of sp³-hybridized carbons (Fsp3) is 0.333. The van der Waals surface area contributed by atoms with E-state index in [1.807, 2.05) is 0 Å². The lowest BCUT2D eigenvalue weighted by Crippen LogP contribution is -2.09. The van der Waals surface area contributed by atoms with Crippen molar-refractivity contribution in [2.45, 2.75) is 12.9 Å². The summed E-state index contributed by atoms with van der Waals surface area (Å²) in [4.78, 5) is 13.2. The molecule has 0 saturated heterocycles. The van der Waals surface area contributed by atoms with E-state index in [4.69, 9.17) is 39.9 Å². The van der Waals surface area contributed by atoms with Gasteiger partial charge in [0.2, 0.25) is 16.4 Å². The van der Waals surface area contributed by atoms with Gasteiger partial charge in [0.1, 0.15) is 6.61 Å². The molecule has 2 rings (SSSR count). The average molecular weight is 462 g/mol. The minimum atomic E-state index is -2.69. The number of nitrogens with zero attached hydrogens (tertiary/aromatic N) is 4. The molecule has 0 spiro atoms. The highest BCUT2D eigenvalue weighted by Gasteiger charge is 2.10. The smallest absolute Gasteiger partial charge is 0.272 e. The Bertz CT molecular complexity index is 702. The number of halogens is 9. The predicted octanol–water partition coefficient (Wildman–Crippen LogP) is 4.08. The quantitative estimate of drug-likeness (QED) is 0.420. The lowest BCUT2D eigenvalue weighted by atomic mass is 10.6. The van der Waals surface area contributed by atoms with Crippen LogP contribution in [0.3, 0.4) is 0 Å². The summed E-state index contributed by atoms with van der Waals surface area (Å²) in [6, 6.07) is 0. The normalized spacial score (nSPS) is 10.1. The van der Waals surface area contributed by atoms with Gasteiger partial charge in [-0.15, -0.1) is 0 Å². The van der Waals surface area contributed by atoms with Crippen LogP contribution in [-0.2, 0) is 0 Å². The van der Waals surface area contributed by atoms with Crippen molar-refractivity contribution >= 4 is 34.8 Å². The van der Waals surface area contributed by atoms with Gasteiger partial charge in [-0.2, -0.15) is 9.37 Å². The molecule has 0 saturated carbocycles. The van der Waals surface area contributed by atoms with E-state index in [0.717, 1.165) is 12.4 Å². The first kappa shape index (κ1) is 25.4. The third-order valence-corrected chi connectivity index (χ3v) is 2.47. The number of aliphatic hydroxyl groups excluding tert-OH is 1. The molecule has 0 aliphatic heterocycles. The van der Waals surface area contributed by atoms with Gasteiger partial charge in [-0.25, -0.2) is 36.9 Å². The van der Waals surface area contributed by atoms with Crippen LogP contribution >= 0.6 is 34.8 Å². The van der Waals surface area contributed by atoms with Crippen LogP contribution in [0.2, 0.25) is 15.7 Å². The largest absolute Gasteiger partial charge is 0.469 e. The molecule has 0 radical (unpaired) electrons. The van der Waals surface area contributed by atoms with Crippen LogP contribution in [0.15, 0.2) is 12.4 Å². The first-order valence-electron chi connectivity index (χ1n) is 6.38. The maximum Gasteiger partial charge on any atom is 0.272 e. The van der Waals surface area contributed by atoms with E-state index in [1.54, 1.807) is 0 Å². The minimum Gasteiger partial charge on any atom is -0.469 e. The summed E-state index contributed by atoms with van der Waals surface area (Å²) in [6.45, 7) is -1.95. The zero-order valence-electron chi connectivity index (χ0n) is 12.8. The second-order valence-corrected chi connectivity index (χ2v) is 4.88. The Hall–Kier alpha value is -1.63. The average Bonchev–Trinajstić information content (AvgIpc) is 2.60. The summed E-state index contributed by atoms with van der Waals surface area (Å²) in [5.41, 5.74) is 0. The lowest BCUT2D eigenvalue weighted by Gasteiger charge is -2.04. The van der Waals surface area contributed by atoms with E-state index in [-0.39, 0.29) is 15.7 Å². The molecule has 1 N–H and O–H groups in total. The Labute approximate surface area is 163 Å². The van der Waals surface area contributed by atoms with E-state index in [0.29, 0.717) is 0 Å². The molecule has 0 atom stereocenters. The van der Waals surface area contributed by atoms with Crippen LogP contribution in [0.5, 0.6) is 5.88 Å². The molecule has 2 aromatic heterocycles. The molecule has 2 aromatic rings. The first-order chi connectivity index (χ1) is 12.6. The van der Waals surface area contributed by atoms with Gasteiger partial charge in [0, 0.05) is 0 Å². The van der Waals surface area contributed by atoms with Crippen molar-refractivity contribution in [2.75, 3.05) is 13.2 Å². The number of alkyl halides is 4. The van der Waals surface area contributed by atoms with Crippen molar-refractivity contribution < 1.29 is 36.2 Å². The van der Waals surface area contributed by atoms with Crippen molar-refractivity contribution in [1.82, 2.24) is 19.9 Å². The summed E-state index contributed by atoms with van der Waals surface area (Å²) in [5.74, 6) is -2.16. The number of rotatable bonds is 4. The van der Waals surface area contributed by atoms with E-state index < -0.39 is 43.6 Å². The van der Waals surface area contributed by atoms with Crippen LogP contribution in [-0.4, -0.2) is 51.1 Å². The zero-order valence-corrected chi connectivity index (χ0v) is 15.0. The van der Waals surface area contributed by atoms with Crippen molar-refractivity contribution in [2.24, 2.45) is 0 Å². The first-order valence-corrected chi connectivity index (χ1v) is 7.51. The summed E-state index contributed by atoms with van der Waals surface area (Å²) >= 11 is 15.7. The maximum atomic E-state index is 12.7. The molecular formula is C12H9Cl3F6N4O2. The van der Waals surface area contributed by atoms with Crippen LogP contribution in [0.4, 0.5) is 26.3 Å². The zero-order chi connectivity index (χ0) is 21.0. The Morgan fingerprint density at radius 3 is 1.78 bits per heavy atom. The van der Waals surface area contributed by atoms with Gasteiger partial charge in [-0.1, -0.05) is 11.6 Å². The molecule has 0 aliphatic carbocycles. The summed E-state index contributed by atoms with van der Waals surface area (Å²) in [7, 11) is 0. The van der Waals surface area contributed by atoms with Gasteiger partial charge in [-0.3, -0.25) is 0 Å². The predicted molar refractivity (Wildman–Crippen MR) is 83.6 cm³/mol. The van der Waals surface area contributed by atoms with Crippen LogP contribution in [0.1, 0.15) is 0 Å². The van der Waals surface area contributed by atoms with Gasteiger partial charge in [0.15, 0.2) is 17.6 Å². The minimum absolute atomic E-state index is 0.0543. The lowest BCUT2D eigenvalue weighted by molar-refractivity contribution is 0.0700. The summed E-state index contributed by atoms with van der Waals surface area (Å²) in [6.07, 6.45) is -3.59. The summed E-state index contributed by atoms with van der Waals surface area (Å²) < 4.78 is 73.5. The molecule has 27 heavy (non-hydrogen) atoms. The van der Waals surface area contributed by atoms with Gasteiger partial charge in [0.05, 0.1) is 12.4 Å². The van der Waals surface area contributed by atoms with E-state index in [9.17, 15) is 26.3 Å². The third-order valence-electron chi connectivity index (χ3n) is 1.84. The van der Waals surface area contributed by atoms with Crippen molar-refractivity contribution in [3.05, 3.63) is 39.7 Å². The third kappa shape index (κ3) is 12.4. The molecule has 0 bridgehead atoms. The highest BCUT2D eigenvalue weighted by Crippen LogP contribution is 2.15.